The quantitative estimate of drug-likeness (QED) is 0.617. The Morgan fingerprint density at radius 1 is 1.58 bits per heavy atom. The molecule has 0 saturated carbocycles. The average Bonchev–Trinajstić information content (AvgIpc) is 2.09. The minimum Gasteiger partial charge on any atom is -0.321 e. The van der Waals surface area contributed by atoms with Gasteiger partial charge in [0, 0.05) is 26.0 Å². The molecule has 0 spiro atoms. The van der Waals surface area contributed by atoms with Crippen LogP contribution in [0.2, 0.25) is 0 Å². The number of hydrogen-bond acceptors (Lipinski definition) is 2. The van der Waals surface area contributed by atoms with Gasteiger partial charge < -0.3 is 4.57 Å². The molecular weight excluding hydrogens is 150 g/mol. The van der Waals surface area contributed by atoms with E-state index in [1.54, 1.807) is 6.20 Å². The lowest BCUT2D eigenvalue weighted by atomic mass is 10.3. The lowest BCUT2D eigenvalue weighted by molar-refractivity contribution is 0.720. The van der Waals surface area contributed by atoms with Crippen molar-refractivity contribution >= 4 is 0 Å². The summed E-state index contributed by atoms with van der Waals surface area (Å²) in [6.07, 6.45) is 6.04. The third-order valence-corrected chi connectivity index (χ3v) is 1.67. The van der Waals surface area contributed by atoms with Crippen molar-refractivity contribution in [2.45, 2.75) is 19.8 Å². The highest BCUT2D eigenvalue weighted by Gasteiger charge is 1.85. The second-order valence-corrected chi connectivity index (χ2v) is 2.77. The van der Waals surface area contributed by atoms with Crippen LogP contribution in [-0.4, -0.2) is 16.1 Å². The fourth-order valence-electron chi connectivity index (χ4n) is 0.925. The zero-order chi connectivity index (χ0) is 8.81. The topological polar surface area (TPSA) is 30.2 Å². The first-order chi connectivity index (χ1) is 5.84. The van der Waals surface area contributed by atoms with E-state index in [9.17, 15) is 0 Å². The van der Waals surface area contributed by atoms with E-state index in [-0.39, 0.29) is 0 Å². The number of rotatable bonds is 3. The van der Waals surface area contributed by atoms with Crippen molar-refractivity contribution in [2.24, 2.45) is 12.0 Å². The molecule has 0 unspecified atom stereocenters. The molecule has 0 bridgehead atoms. The molecule has 1 aromatic heterocycles. The van der Waals surface area contributed by atoms with Gasteiger partial charge in [0.2, 0.25) is 5.62 Å². The van der Waals surface area contributed by atoms with Crippen LogP contribution in [0.15, 0.2) is 23.5 Å². The second kappa shape index (κ2) is 4.70. The third-order valence-electron chi connectivity index (χ3n) is 1.67. The highest BCUT2D eigenvalue weighted by Crippen LogP contribution is 1.84. The molecule has 1 aromatic rings. The van der Waals surface area contributed by atoms with E-state index in [1.807, 2.05) is 23.9 Å². The van der Waals surface area contributed by atoms with Crippen LogP contribution in [-0.2, 0) is 7.05 Å². The highest BCUT2D eigenvalue weighted by molar-refractivity contribution is 4.78. The standard InChI is InChI=1S/C9H15N3/c1-3-4-6-10-9-11-7-5-8-12(9)2/h5,7-8H,3-4,6H2,1-2H3. The van der Waals surface area contributed by atoms with Gasteiger partial charge in [0.05, 0.1) is 0 Å². The van der Waals surface area contributed by atoms with Crippen molar-refractivity contribution < 1.29 is 0 Å². The fourth-order valence-corrected chi connectivity index (χ4v) is 0.925. The summed E-state index contributed by atoms with van der Waals surface area (Å²) in [5.74, 6) is 0. The van der Waals surface area contributed by atoms with Crippen LogP contribution >= 0.6 is 0 Å². The predicted octanol–water partition coefficient (Wildman–Crippen LogP) is 1.12. The molecule has 3 nitrogen and oxygen atoms in total. The van der Waals surface area contributed by atoms with Gasteiger partial charge >= 0.3 is 0 Å². The lowest BCUT2D eigenvalue weighted by Crippen LogP contribution is -2.20. The van der Waals surface area contributed by atoms with Gasteiger partial charge in [-0.3, -0.25) is 4.99 Å². The van der Waals surface area contributed by atoms with E-state index >= 15 is 0 Å². The molecule has 0 saturated heterocycles. The first kappa shape index (κ1) is 8.97. The molecule has 66 valence electrons. The van der Waals surface area contributed by atoms with E-state index in [2.05, 4.69) is 16.9 Å². The Bertz CT molecular complexity index is 288. The van der Waals surface area contributed by atoms with Gasteiger partial charge in [-0.2, -0.15) is 0 Å². The van der Waals surface area contributed by atoms with Crippen LogP contribution in [0.3, 0.4) is 0 Å². The molecule has 0 aliphatic carbocycles. The van der Waals surface area contributed by atoms with E-state index in [1.165, 1.54) is 6.42 Å². The van der Waals surface area contributed by atoms with Gasteiger partial charge in [0.25, 0.3) is 0 Å². The maximum absolute atomic E-state index is 4.35. The molecule has 0 atom stereocenters. The first-order valence-electron chi connectivity index (χ1n) is 4.32. The number of unbranched alkanes of at least 4 members (excludes halogenated alkanes) is 1. The summed E-state index contributed by atoms with van der Waals surface area (Å²) in [5, 5.41) is 0. The van der Waals surface area contributed by atoms with Crippen LogP contribution in [0.1, 0.15) is 19.8 Å². The summed E-state index contributed by atoms with van der Waals surface area (Å²) in [6, 6.07) is 1.90. The van der Waals surface area contributed by atoms with Crippen molar-refractivity contribution in [3.63, 3.8) is 0 Å². The molecule has 0 fully saturated rings. The number of aromatic nitrogens is 2. The Morgan fingerprint density at radius 2 is 2.42 bits per heavy atom. The average molecular weight is 165 g/mol. The molecule has 0 N–H and O–H groups in total. The molecule has 12 heavy (non-hydrogen) atoms. The Kier molecular flexibility index (Phi) is 3.51. The molecule has 0 aliphatic heterocycles. The maximum atomic E-state index is 4.35. The van der Waals surface area contributed by atoms with Crippen molar-refractivity contribution in [2.75, 3.05) is 6.54 Å². The third kappa shape index (κ3) is 2.49. The van der Waals surface area contributed by atoms with Crippen LogP contribution in [0.25, 0.3) is 0 Å². The fraction of sp³-hybridized carbons (Fsp3) is 0.556. The van der Waals surface area contributed by atoms with Gasteiger partial charge in [-0.15, -0.1) is 0 Å². The summed E-state index contributed by atoms with van der Waals surface area (Å²) in [4.78, 5) is 8.49. The molecular formula is C9H15N3. The predicted molar refractivity (Wildman–Crippen MR) is 48.5 cm³/mol. The molecule has 1 rings (SSSR count). The van der Waals surface area contributed by atoms with E-state index in [4.69, 9.17) is 0 Å². The molecule has 0 aliphatic rings. The molecule has 0 radical (unpaired) electrons. The van der Waals surface area contributed by atoms with Crippen LogP contribution in [0.4, 0.5) is 0 Å². The van der Waals surface area contributed by atoms with E-state index in [0.717, 1.165) is 18.6 Å². The van der Waals surface area contributed by atoms with Crippen LogP contribution in [0.5, 0.6) is 0 Å². The van der Waals surface area contributed by atoms with Gasteiger partial charge in [-0.1, -0.05) is 13.3 Å². The van der Waals surface area contributed by atoms with Crippen LogP contribution in [0, 0.1) is 0 Å². The molecule has 0 aromatic carbocycles. The zero-order valence-corrected chi connectivity index (χ0v) is 7.70. The Balaban J connectivity index is 2.73. The van der Waals surface area contributed by atoms with Crippen molar-refractivity contribution in [1.82, 2.24) is 9.55 Å². The Labute approximate surface area is 72.8 Å². The molecule has 1 heterocycles. The summed E-state index contributed by atoms with van der Waals surface area (Å²) >= 11 is 0. The smallest absolute Gasteiger partial charge is 0.224 e. The van der Waals surface area contributed by atoms with E-state index < -0.39 is 0 Å². The normalized spacial score (nSPS) is 12.0. The van der Waals surface area contributed by atoms with E-state index in [0.29, 0.717) is 0 Å². The minimum absolute atomic E-state index is 0.811. The largest absolute Gasteiger partial charge is 0.321 e. The second-order valence-electron chi connectivity index (χ2n) is 2.77. The number of aryl methyl sites for hydroxylation is 1. The highest BCUT2D eigenvalue weighted by atomic mass is 15.1. The van der Waals surface area contributed by atoms with Crippen molar-refractivity contribution in [1.29, 1.82) is 0 Å². The van der Waals surface area contributed by atoms with Crippen LogP contribution < -0.4 is 5.62 Å². The van der Waals surface area contributed by atoms with Gasteiger partial charge in [-0.25, -0.2) is 4.98 Å². The minimum atomic E-state index is 0.811. The molecule has 0 amide bonds. The lowest BCUT2D eigenvalue weighted by Gasteiger charge is -1.96. The van der Waals surface area contributed by atoms with Gasteiger partial charge in [0.1, 0.15) is 0 Å². The first-order valence-corrected chi connectivity index (χ1v) is 4.32. The summed E-state index contributed by atoms with van der Waals surface area (Å²) in [5.41, 5.74) is 0.811. The number of nitrogens with zero attached hydrogens (tertiary/aromatic N) is 3. The summed E-state index contributed by atoms with van der Waals surface area (Å²) in [6.45, 7) is 3.04. The zero-order valence-electron chi connectivity index (χ0n) is 7.70. The van der Waals surface area contributed by atoms with Gasteiger partial charge in [0.15, 0.2) is 0 Å². The summed E-state index contributed by atoms with van der Waals surface area (Å²) in [7, 11) is 1.96. The van der Waals surface area contributed by atoms with Crippen molar-refractivity contribution in [3.05, 3.63) is 24.1 Å². The Morgan fingerprint density at radius 3 is 3.08 bits per heavy atom. The van der Waals surface area contributed by atoms with Gasteiger partial charge in [-0.05, 0) is 12.5 Å². The summed E-state index contributed by atoms with van der Waals surface area (Å²) < 4.78 is 1.93. The maximum Gasteiger partial charge on any atom is 0.224 e. The number of hydrogen-bond donors (Lipinski definition) is 0. The monoisotopic (exact) mass is 165 g/mol. The molecule has 3 heteroatoms. The van der Waals surface area contributed by atoms with Crippen molar-refractivity contribution in [3.8, 4) is 0 Å². The Hall–Kier alpha value is -1.12. The SMILES string of the molecule is CCCCN=c1ncccn1C.